The summed E-state index contributed by atoms with van der Waals surface area (Å²) in [7, 11) is 0. The van der Waals surface area contributed by atoms with Crippen molar-refractivity contribution < 1.29 is 4.79 Å². The van der Waals surface area contributed by atoms with Gasteiger partial charge in [-0.25, -0.2) is 4.98 Å². The number of hydrogen-bond acceptors (Lipinski definition) is 4. The van der Waals surface area contributed by atoms with Crippen LogP contribution in [0.3, 0.4) is 0 Å². The van der Waals surface area contributed by atoms with Gasteiger partial charge in [0.15, 0.2) is 0 Å². The van der Waals surface area contributed by atoms with Crippen LogP contribution in [-0.4, -0.2) is 15.9 Å². The Labute approximate surface area is 159 Å². The molecule has 0 aliphatic heterocycles. The Balaban J connectivity index is 1.41. The zero-order valence-electron chi connectivity index (χ0n) is 14.1. The normalized spacial score (nSPS) is 13.1. The van der Waals surface area contributed by atoms with Gasteiger partial charge in [0.05, 0.1) is 5.39 Å². The van der Waals surface area contributed by atoms with Crippen LogP contribution in [0.2, 0.25) is 5.02 Å². The summed E-state index contributed by atoms with van der Waals surface area (Å²) in [6, 6.07) is 7.42. The van der Waals surface area contributed by atoms with E-state index in [-0.39, 0.29) is 17.9 Å². The van der Waals surface area contributed by atoms with E-state index >= 15 is 0 Å². The Morgan fingerprint density at radius 3 is 3.00 bits per heavy atom. The topological polar surface area (TPSA) is 74.8 Å². The van der Waals surface area contributed by atoms with E-state index in [1.807, 2.05) is 18.2 Å². The lowest BCUT2D eigenvalue weighted by atomic mass is 10.2. The molecule has 0 saturated heterocycles. The van der Waals surface area contributed by atoms with Crippen molar-refractivity contribution in [2.24, 2.45) is 0 Å². The van der Waals surface area contributed by atoms with Gasteiger partial charge in [0.25, 0.3) is 5.56 Å². The van der Waals surface area contributed by atoms with Crippen molar-refractivity contribution in [3.05, 3.63) is 61.5 Å². The molecule has 7 heteroatoms. The van der Waals surface area contributed by atoms with Crippen LogP contribution in [0.25, 0.3) is 10.2 Å². The number of rotatable bonds is 5. The number of aromatic amines is 1. The van der Waals surface area contributed by atoms with Gasteiger partial charge in [-0.2, -0.15) is 0 Å². The van der Waals surface area contributed by atoms with E-state index in [9.17, 15) is 9.59 Å². The summed E-state index contributed by atoms with van der Waals surface area (Å²) >= 11 is 7.70. The molecule has 2 N–H and O–H groups in total. The summed E-state index contributed by atoms with van der Waals surface area (Å²) in [5.74, 6) is 0.469. The number of nitrogens with zero attached hydrogens (tertiary/aromatic N) is 1. The summed E-state index contributed by atoms with van der Waals surface area (Å²) in [4.78, 5) is 34.0. The fraction of sp³-hybridized carbons (Fsp3) is 0.316. The van der Waals surface area contributed by atoms with Crippen LogP contribution in [0.4, 0.5) is 0 Å². The molecule has 0 atom stereocenters. The molecule has 0 spiro atoms. The lowest BCUT2D eigenvalue weighted by Gasteiger charge is -2.07. The minimum absolute atomic E-state index is 0.0825. The number of carbonyl (C=O) groups excluding carboxylic acids is 1. The van der Waals surface area contributed by atoms with Gasteiger partial charge in [0.1, 0.15) is 10.7 Å². The molecular formula is C19H18ClN3O2S. The minimum Gasteiger partial charge on any atom is -0.352 e. The standard InChI is InChI=1S/C19H18ClN3O2S/c20-13-6-2-1-4-11(13)10-21-16(24)9-8-15-22-18(25)17-12-5-3-7-14(12)26-19(17)23-15/h1-2,4,6H,3,5,7-10H2,(H,21,24)(H,22,23,25). The third kappa shape index (κ3) is 3.39. The summed E-state index contributed by atoms with van der Waals surface area (Å²) in [6.45, 7) is 0.388. The van der Waals surface area contributed by atoms with Gasteiger partial charge in [0.2, 0.25) is 5.91 Å². The number of carbonyl (C=O) groups is 1. The Hall–Kier alpha value is -2.18. The number of aromatic nitrogens is 2. The molecule has 1 amide bonds. The Morgan fingerprint density at radius 1 is 1.31 bits per heavy atom. The van der Waals surface area contributed by atoms with Crippen LogP contribution in [0.15, 0.2) is 29.1 Å². The minimum atomic E-state index is -0.0960. The molecule has 26 heavy (non-hydrogen) atoms. The van der Waals surface area contributed by atoms with E-state index in [1.54, 1.807) is 17.4 Å². The molecule has 1 aliphatic carbocycles. The fourth-order valence-corrected chi connectivity index (χ4v) is 4.80. The molecule has 1 aromatic carbocycles. The van der Waals surface area contributed by atoms with Crippen molar-refractivity contribution in [2.75, 3.05) is 0 Å². The number of halogens is 1. The van der Waals surface area contributed by atoms with Gasteiger partial charge in [0, 0.05) is 29.3 Å². The molecule has 2 aromatic heterocycles. The van der Waals surface area contributed by atoms with Crippen molar-refractivity contribution in [3.8, 4) is 0 Å². The number of benzene rings is 1. The lowest BCUT2D eigenvalue weighted by Crippen LogP contribution is -2.24. The monoisotopic (exact) mass is 387 g/mol. The number of thiophene rings is 1. The lowest BCUT2D eigenvalue weighted by molar-refractivity contribution is -0.121. The molecule has 0 bridgehead atoms. The van der Waals surface area contributed by atoms with E-state index in [4.69, 9.17) is 11.6 Å². The summed E-state index contributed by atoms with van der Waals surface area (Å²) in [6.07, 6.45) is 3.79. The largest absolute Gasteiger partial charge is 0.352 e. The van der Waals surface area contributed by atoms with Crippen molar-refractivity contribution in [2.45, 2.75) is 38.6 Å². The molecule has 0 saturated carbocycles. The van der Waals surface area contributed by atoms with E-state index in [1.165, 1.54) is 10.4 Å². The van der Waals surface area contributed by atoms with Crippen LogP contribution in [0, 0.1) is 0 Å². The first-order chi connectivity index (χ1) is 12.6. The first-order valence-corrected chi connectivity index (χ1v) is 9.85. The van der Waals surface area contributed by atoms with E-state index in [0.717, 1.165) is 35.0 Å². The Morgan fingerprint density at radius 2 is 2.15 bits per heavy atom. The van der Waals surface area contributed by atoms with Crippen molar-refractivity contribution in [1.29, 1.82) is 0 Å². The van der Waals surface area contributed by atoms with E-state index in [0.29, 0.717) is 23.8 Å². The third-order valence-corrected chi connectivity index (χ3v) is 6.20. The zero-order valence-corrected chi connectivity index (χ0v) is 15.7. The summed E-state index contributed by atoms with van der Waals surface area (Å²) < 4.78 is 0. The second kappa shape index (κ2) is 7.21. The van der Waals surface area contributed by atoms with Crippen molar-refractivity contribution in [3.63, 3.8) is 0 Å². The van der Waals surface area contributed by atoms with E-state index < -0.39 is 0 Å². The Bertz CT molecular complexity index is 1040. The molecule has 3 aromatic rings. The van der Waals surface area contributed by atoms with Crippen LogP contribution < -0.4 is 10.9 Å². The van der Waals surface area contributed by atoms with Gasteiger partial charge in [-0.1, -0.05) is 29.8 Å². The number of aryl methyl sites for hydroxylation is 3. The Kier molecular flexibility index (Phi) is 4.78. The number of H-pyrrole nitrogens is 1. The number of amides is 1. The van der Waals surface area contributed by atoms with Crippen LogP contribution in [0.1, 0.15) is 34.7 Å². The maximum atomic E-state index is 12.4. The van der Waals surface area contributed by atoms with Gasteiger partial charge < -0.3 is 10.3 Å². The highest BCUT2D eigenvalue weighted by Crippen LogP contribution is 2.34. The molecule has 5 nitrogen and oxygen atoms in total. The average molecular weight is 388 g/mol. The first kappa shape index (κ1) is 17.2. The predicted molar refractivity (Wildman–Crippen MR) is 104 cm³/mol. The van der Waals surface area contributed by atoms with Gasteiger partial charge >= 0.3 is 0 Å². The average Bonchev–Trinajstić information content (AvgIpc) is 3.19. The maximum absolute atomic E-state index is 12.4. The highest BCUT2D eigenvalue weighted by Gasteiger charge is 2.21. The second-order valence-electron chi connectivity index (χ2n) is 6.42. The second-order valence-corrected chi connectivity index (χ2v) is 7.91. The van der Waals surface area contributed by atoms with Crippen molar-refractivity contribution in [1.82, 2.24) is 15.3 Å². The van der Waals surface area contributed by atoms with Crippen LogP contribution in [0.5, 0.6) is 0 Å². The van der Waals surface area contributed by atoms with Gasteiger partial charge in [-0.15, -0.1) is 11.3 Å². The van der Waals surface area contributed by atoms with E-state index in [2.05, 4.69) is 15.3 Å². The highest BCUT2D eigenvalue weighted by molar-refractivity contribution is 7.18. The summed E-state index contributed by atoms with van der Waals surface area (Å²) in [5, 5.41) is 4.23. The van der Waals surface area contributed by atoms with Crippen molar-refractivity contribution >= 4 is 39.1 Å². The fourth-order valence-electron chi connectivity index (χ4n) is 3.32. The molecule has 0 radical (unpaired) electrons. The van der Waals surface area contributed by atoms with Gasteiger partial charge in [-0.05, 0) is 36.5 Å². The third-order valence-electron chi connectivity index (χ3n) is 4.65. The summed E-state index contributed by atoms with van der Waals surface area (Å²) in [5.41, 5.74) is 1.97. The van der Waals surface area contributed by atoms with Crippen LogP contribution in [-0.2, 0) is 30.6 Å². The zero-order chi connectivity index (χ0) is 18.1. The number of nitrogens with one attached hydrogen (secondary N) is 2. The predicted octanol–water partition coefficient (Wildman–Crippen LogP) is 3.38. The molecule has 0 fully saturated rings. The van der Waals surface area contributed by atoms with Gasteiger partial charge in [-0.3, -0.25) is 9.59 Å². The molecule has 4 rings (SSSR count). The number of hydrogen-bond donors (Lipinski definition) is 2. The molecule has 2 heterocycles. The quantitative estimate of drug-likeness (QED) is 0.704. The molecule has 1 aliphatic rings. The SMILES string of the molecule is O=C(CCc1nc2sc3c(c2c(=O)[nH]1)CCC3)NCc1ccccc1Cl. The molecule has 134 valence electrons. The smallest absolute Gasteiger partial charge is 0.259 e. The number of fused-ring (bicyclic) bond motifs is 3. The first-order valence-electron chi connectivity index (χ1n) is 8.65. The highest BCUT2D eigenvalue weighted by atomic mass is 35.5. The van der Waals surface area contributed by atoms with Crippen LogP contribution >= 0.6 is 22.9 Å². The molecular weight excluding hydrogens is 370 g/mol. The molecule has 0 unspecified atom stereocenters. The maximum Gasteiger partial charge on any atom is 0.259 e.